The summed E-state index contributed by atoms with van der Waals surface area (Å²) in [6.07, 6.45) is 6.43. The standard InChI is InChI=1S/C14H19N5O/c20-8-4-12-9-13(18-17-12)11-3-1-7-19(10-11)14-15-5-2-6-16-14/h2,5-6,9,11,20H,1,3-4,7-8,10H2,(H,17,18). The van der Waals surface area contributed by atoms with E-state index in [0.717, 1.165) is 43.3 Å². The molecule has 2 aromatic rings. The van der Waals surface area contributed by atoms with Crippen molar-refractivity contribution in [2.75, 3.05) is 24.6 Å². The molecule has 2 N–H and O–H groups in total. The smallest absolute Gasteiger partial charge is 0.225 e. The molecule has 0 amide bonds. The monoisotopic (exact) mass is 273 g/mol. The minimum Gasteiger partial charge on any atom is -0.396 e. The van der Waals surface area contributed by atoms with E-state index in [4.69, 9.17) is 5.11 Å². The van der Waals surface area contributed by atoms with Crippen LogP contribution in [0.4, 0.5) is 5.95 Å². The van der Waals surface area contributed by atoms with Gasteiger partial charge in [-0.3, -0.25) is 5.10 Å². The average molecular weight is 273 g/mol. The average Bonchev–Trinajstić information content (AvgIpc) is 2.97. The molecular weight excluding hydrogens is 254 g/mol. The summed E-state index contributed by atoms with van der Waals surface area (Å²) < 4.78 is 0. The summed E-state index contributed by atoms with van der Waals surface area (Å²) in [7, 11) is 0. The molecule has 0 bridgehead atoms. The van der Waals surface area contributed by atoms with E-state index < -0.39 is 0 Å². The second-order valence-electron chi connectivity index (χ2n) is 5.13. The largest absolute Gasteiger partial charge is 0.396 e. The molecule has 106 valence electrons. The Kier molecular flexibility index (Phi) is 3.92. The highest BCUT2D eigenvalue weighted by molar-refractivity contribution is 5.31. The number of aromatic amines is 1. The van der Waals surface area contributed by atoms with Crippen LogP contribution in [-0.2, 0) is 6.42 Å². The number of nitrogens with one attached hydrogen (secondary N) is 1. The Morgan fingerprint density at radius 3 is 3.00 bits per heavy atom. The first-order valence-corrected chi connectivity index (χ1v) is 7.04. The van der Waals surface area contributed by atoms with Gasteiger partial charge in [0.05, 0.1) is 5.69 Å². The van der Waals surface area contributed by atoms with E-state index in [0.29, 0.717) is 12.3 Å². The van der Waals surface area contributed by atoms with Crippen LogP contribution in [0, 0.1) is 0 Å². The lowest BCUT2D eigenvalue weighted by Gasteiger charge is -2.31. The highest BCUT2D eigenvalue weighted by atomic mass is 16.3. The summed E-state index contributed by atoms with van der Waals surface area (Å²) in [6, 6.07) is 3.90. The van der Waals surface area contributed by atoms with Gasteiger partial charge in [-0.05, 0) is 25.0 Å². The van der Waals surface area contributed by atoms with E-state index in [-0.39, 0.29) is 6.61 Å². The Morgan fingerprint density at radius 1 is 1.35 bits per heavy atom. The number of anilines is 1. The molecule has 20 heavy (non-hydrogen) atoms. The van der Waals surface area contributed by atoms with E-state index in [2.05, 4.69) is 31.1 Å². The number of rotatable bonds is 4. The van der Waals surface area contributed by atoms with Crippen LogP contribution in [0.5, 0.6) is 0 Å². The molecule has 0 saturated carbocycles. The lowest BCUT2D eigenvalue weighted by Crippen LogP contribution is -2.35. The number of hydrogen-bond donors (Lipinski definition) is 2. The Balaban J connectivity index is 1.71. The van der Waals surface area contributed by atoms with Crippen molar-refractivity contribution in [2.45, 2.75) is 25.2 Å². The molecule has 0 spiro atoms. The molecule has 2 aromatic heterocycles. The Morgan fingerprint density at radius 2 is 2.20 bits per heavy atom. The molecule has 1 fully saturated rings. The maximum absolute atomic E-state index is 8.96. The fraction of sp³-hybridized carbons (Fsp3) is 0.500. The lowest BCUT2D eigenvalue weighted by molar-refractivity contribution is 0.298. The minimum atomic E-state index is 0.149. The van der Waals surface area contributed by atoms with Crippen LogP contribution in [0.25, 0.3) is 0 Å². The lowest BCUT2D eigenvalue weighted by atomic mass is 9.95. The van der Waals surface area contributed by atoms with Crippen molar-refractivity contribution in [3.63, 3.8) is 0 Å². The van der Waals surface area contributed by atoms with Gasteiger partial charge >= 0.3 is 0 Å². The summed E-state index contributed by atoms with van der Waals surface area (Å²) in [4.78, 5) is 10.9. The summed E-state index contributed by atoms with van der Waals surface area (Å²) in [5.41, 5.74) is 2.07. The molecule has 1 saturated heterocycles. The van der Waals surface area contributed by atoms with Gasteiger partial charge in [-0.1, -0.05) is 0 Å². The predicted octanol–water partition coefficient (Wildman–Crippen LogP) is 1.12. The van der Waals surface area contributed by atoms with Crippen LogP contribution in [0.1, 0.15) is 30.1 Å². The van der Waals surface area contributed by atoms with Gasteiger partial charge in [-0.2, -0.15) is 5.10 Å². The van der Waals surface area contributed by atoms with Crippen molar-refractivity contribution in [3.05, 3.63) is 35.9 Å². The Hall–Kier alpha value is -1.95. The van der Waals surface area contributed by atoms with Gasteiger partial charge in [-0.15, -0.1) is 0 Å². The van der Waals surface area contributed by atoms with Crippen molar-refractivity contribution in [1.29, 1.82) is 0 Å². The molecule has 0 radical (unpaired) electrons. The first kappa shape index (κ1) is 13.1. The van der Waals surface area contributed by atoms with Crippen molar-refractivity contribution in [2.24, 2.45) is 0 Å². The number of aromatic nitrogens is 4. The van der Waals surface area contributed by atoms with E-state index in [9.17, 15) is 0 Å². The summed E-state index contributed by atoms with van der Waals surface area (Å²) in [5, 5.41) is 16.3. The number of aliphatic hydroxyl groups is 1. The van der Waals surface area contributed by atoms with Crippen molar-refractivity contribution >= 4 is 5.95 Å². The molecule has 1 atom stereocenters. The van der Waals surface area contributed by atoms with Gasteiger partial charge in [-0.25, -0.2) is 9.97 Å². The van der Waals surface area contributed by atoms with Crippen LogP contribution in [0.3, 0.4) is 0 Å². The molecule has 0 aromatic carbocycles. The van der Waals surface area contributed by atoms with Gasteiger partial charge < -0.3 is 10.0 Å². The van der Waals surface area contributed by atoms with Gasteiger partial charge in [0.15, 0.2) is 0 Å². The quantitative estimate of drug-likeness (QED) is 0.872. The SMILES string of the molecule is OCCc1cc(C2CCCN(c3ncccn3)C2)n[nH]1. The van der Waals surface area contributed by atoms with Crippen LogP contribution >= 0.6 is 0 Å². The second-order valence-corrected chi connectivity index (χ2v) is 5.13. The molecule has 1 aliphatic rings. The van der Waals surface area contributed by atoms with Crippen molar-refractivity contribution in [1.82, 2.24) is 20.2 Å². The predicted molar refractivity (Wildman–Crippen MR) is 75.6 cm³/mol. The molecule has 6 heteroatoms. The normalized spacial score (nSPS) is 19.2. The highest BCUT2D eigenvalue weighted by Gasteiger charge is 2.24. The van der Waals surface area contributed by atoms with Gasteiger partial charge in [0.2, 0.25) is 5.95 Å². The van der Waals surface area contributed by atoms with Crippen molar-refractivity contribution < 1.29 is 5.11 Å². The summed E-state index contributed by atoms with van der Waals surface area (Å²) in [6.45, 7) is 2.04. The zero-order chi connectivity index (χ0) is 13.8. The van der Waals surface area contributed by atoms with Gasteiger partial charge in [0.1, 0.15) is 0 Å². The summed E-state index contributed by atoms with van der Waals surface area (Å²) >= 11 is 0. The first-order valence-electron chi connectivity index (χ1n) is 7.04. The Labute approximate surface area is 117 Å². The van der Waals surface area contributed by atoms with Gasteiger partial charge in [0, 0.05) is 50.1 Å². The number of nitrogens with zero attached hydrogens (tertiary/aromatic N) is 4. The topological polar surface area (TPSA) is 77.9 Å². The van der Waals surface area contributed by atoms with Crippen LogP contribution in [-0.4, -0.2) is 45.0 Å². The highest BCUT2D eigenvalue weighted by Crippen LogP contribution is 2.27. The fourth-order valence-electron chi connectivity index (χ4n) is 2.69. The number of aliphatic hydroxyl groups excluding tert-OH is 1. The molecule has 3 heterocycles. The zero-order valence-corrected chi connectivity index (χ0v) is 11.4. The first-order chi connectivity index (χ1) is 9.86. The molecule has 3 rings (SSSR count). The maximum atomic E-state index is 8.96. The third-order valence-electron chi connectivity index (χ3n) is 3.71. The van der Waals surface area contributed by atoms with Crippen LogP contribution < -0.4 is 4.90 Å². The van der Waals surface area contributed by atoms with E-state index in [1.807, 2.05) is 6.07 Å². The number of H-pyrrole nitrogens is 1. The van der Waals surface area contributed by atoms with Gasteiger partial charge in [0.25, 0.3) is 0 Å². The van der Waals surface area contributed by atoms with Crippen LogP contribution in [0.2, 0.25) is 0 Å². The zero-order valence-electron chi connectivity index (χ0n) is 11.4. The van der Waals surface area contributed by atoms with E-state index in [1.165, 1.54) is 0 Å². The molecule has 0 aliphatic carbocycles. The fourth-order valence-corrected chi connectivity index (χ4v) is 2.69. The van der Waals surface area contributed by atoms with E-state index in [1.54, 1.807) is 12.4 Å². The number of piperidine rings is 1. The third kappa shape index (κ3) is 2.80. The maximum Gasteiger partial charge on any atom is 0.225 e. The molecule has 1 unspecified atom stereocenters. The van der Waals surface area contributed by atoms with E-state index >= 15 is 0 Å². The van der Waals surface area contributed by atoms with Crippen LogP contribution in [0.15, 0.2) is 24.5 Å². The number of hydrogen-bond acceptors (Lipinski definition) is 5. The molecule has 1 aliphatic heterocycles. The molecule has 6 nitrogen and oxygen atoms in total. The third-order valence-corrected chi connectivity index (χ3v) is 3.71. The summed E-state index contributed by atoms with van der Waals surface area (Å²) in [5.74, 6) is 1.19. The minimum absolute atomic E-state index is 0.149. The Bertz CT molecular complexity index is 542. The second kappa shape index (κ2) is 6.00. The molecular formula is C14H19N5O. The van der Waals surface area contributed by atoms with Crippen molar-refractivity contribution in [3.8, 4) is 0 Å².